The molecule has 204 valence electrons. The lowest BCUT2D eigenvalue weighted by Crippen LogP contribution is -2.47. The van der Waals surface area contributed by atoms with E-state index in [0.29, 0.717) is 24.3 Å². The molecule has 40 heavy (non-hydrogen) atoms. The zero-order chi connectivity index (χ0) is 28.4. The SMILES string of the molecule is CC(C)C1=NC(C)(c2cc(F)cc(F)c2)N(CC(=O)Nc2ccc3c(c2)CC2(C3)C(=O)Nc3ncccc32)C1=O. The van der Waals surface area contributed by atoms with Crippen LogP contribution in [0, 0.1) is 17.6 Å². The topological polar surface area (TPSA) is 104 Å². The smallest absolute Gasteiger partial charge is 0.270 e. The standard InChI is InChI=1S/C30H27F2N5O3/c1-16(2)25-27(39)37(29(3,36-25)19-10-20(31)12-21(32)11-19)15-24(38)34-22-7-6-17-13-30(14-18(17)9-22)23-5-4-8-33-26(23)35-28(30)40/h4-12,16H,13-15H2,1-3H3,(H,34,38)(H,33,35,40). The largest absolute Gasteiger partial charge is 0.325 e. The lowest BCUT2D eigenvalue weighted by Gasteiger charge is -2.33. The molecule has 1 spiro atoms. The first-order valence-corrected chi connectivity index (χ1v) is 13.1. The van der Waals surface area contributed by atoms with Gasteiger partial charge in [-0.2, -0.15) is 0 Å². The monoisotopic (exact) mass is 543 g/mol. The van der Waals surface area contributed by atoms with E-state index in [0.717, 1.165) is 34.9 Å². The summed E-state index contributed by atoms with van der Waals surface area (Å²) in [7, 11) is 0. The number of amides is 3. The van der Waals surface area contributed by atoms with Gasteiger partial charge in [-0.05, 0) is 61.2 Å². The van der Waals surface area contributed by atoms with Crippen LogP contribution in [0.2, 0.25) is 0 Å². The molecule has 0 saturated heterocycles. The summed E-state index contributed by atoms with van der Waals surface area (Å²) in [5, 5.41) is 5.72. The van der Waals surface area contributed by atoms with Crippen molar-refractivity contribution >= 4 is 34.9 Å². The second kappa shape index (κ2) is 9.04. The first-order chi connectivity index (χ1) is 19.0. The number of nitrogens with one attached hydrogen (secondary N) is 2. The third-order valence-electron chi connectivity index (χ3n) is 8.05. The van der Waals surface area contributed by atoms with Crippen molar-refractivity contribution in [3.8, 4) is 0 Å². The Morgan fingerprint density at radius 1 is 1.07 bits per heavy atom. The van der Waals surface area contributed by atoms with E-state index >= 15 is 0 Å². The van der Waals surface area contributed by atoms with Crippen molar-refractivity contribution in [2.45, 2.75) is 44.7 Å². The maximum atomic E-state index is 14.1. The number of aliphatic imine (C=N–C) groups is 1. The number of aromatic nitrogens is 1. The molecule has 8 nitrogen and oxygen atoms in total. The summed E-state index contributed by atoms with van der Waals surface area (Å²) in [5.74, 6) is -2.32. The minimum atomic E-state index is -1.46. The van der Waals surface area contributed by atoms with E-state index in [9.17, 15) is 23.2 Å². The molecule has 3 amide bonds. The normalized spacial score (nSPS) is 22.9. The van der Waals surface area contributed by atoms with Crippen molar-refractivity contribution in [3.05, 3.63) is 88.6 Å². The second-order valence-corrected chi connectivity index (χ2v) is 11.0. The van der Waals surface area contributed by atoms with Gasteiger partial charge in [0.15, 0.2) is 5.66 Å². The fraction of sp³-hybridized carbons (Fsp3) is 0.300. The van der Waals surface area contributed by atoms with E-state index in [1.54, 1.807) is 33.0 Å². The molecule has 2 unspecified atom stereocenters. The summed E-state index contributed by atoms with van der Waals surface area (Å²) in [6, 6.07) is 12.2. The Kier molecular flexibility index (Phi) is 5.83. The molecule has 0 bridgehead atoms. The van der Waals surface area contributed by atoms with Crippen molar-refractivity contribution in [1.82, 2.24) is 9.88 Å². The minimum absolute atomic E-state index is 0.0930. The molecule has 3 heterocycles. The molecule has 1 aliphatic carbocycles. The van der Waals surface area contributed by atoms with Crippen LogP contribution in [-0.2, 0) is 38.3 Å². The van der Waals surface area contributed by atoms with Crippen LogP contribution < -0.4 is 10.6 Å². The van der Waals surface area contributed by atoms with E-state index < -0.39 is 34.5 Å². The molecule has 2 aromatic carbocycles. The van der Waals surface area contributed by atoms with E-state index in [2.05, 4.69) is 20.6 Å². The van der Waals surface area contributed by atoms with Crippen LogP contribution in [-0.4, -0.2) is 39.9 Å². The first-order valence-electron chi connectivity index (χ1n) is 13.1. The van der Waals surface area contributed by atoms with Crippen LogP contribution in [0.25, 0.3) is 0 Å². The molecule has 3 aliphatic rings. The Hall–Kier alpha value is -4.47. The third-order valence-corrected chi connectivity index (χ3v) is 8.05. The predicted octanol–water partition coefficient (Wildman–Crippen LogP) is 4.10. The lowest BCUT2D eigenvalue weighted by molar-refractivity contribution is -0.133. The number of carbonyl (C=O) groups excluding carboxylic acids is 3. The van der Waals surface area contributed by atoms with E-state index in [-0.39, 0.29) is 29.6 Å². The molecule has 2 atom stereocenters. The molecule has 10 heteroatoms. The van der Waals surface area contributed by atoms with Crippen LogP contribution in [0.15, 0.2) is 59.7 Å². The molecular formula is C30H27F2N5O3. The molecule has 6 rings (SSSR count). The summed E-state index contributed by atoms with van der Waals surface area (Å²) >= 11 is 0. The van der Waals surface area contributed by atoms with Gasteiger partial charge in [-0.1, -0.05) is 26.0 Å². The van der Waals surface area contributed by atoms with Crippen LogP contribution in [0.3, 0.4) is 0 Å². The highest BCUT2D eigenvalue weighted by Crippen LogP contribution is 2.47. The fourth-order valence-corrected chi connectivity index (χ4v) is 6.02. The summed E-state index contributed by atoms with van der Waals surface area (Å²) in [6.45, 7) is 4.78. The highest BCUT2D eigenvalue weighted by Gasteiger charge is 2.51. The van der Waals surface area contributed by atoms with Crippen molar-refractivity contribution in [1.29, 1.82) is 0 Å². The van der Waals surface area contributed by atoms with E-state index in [1.165, 1.54) is 4.90 Å². The average Bonchev–Trinajstić information content (AvgIpc) is 3.50. The number of benzene rings is 2. The Morgan fingerprint density at radius 2 is 1.80 bits per heavy atom. The highest BCUT2D eigenvalue weighted by molar-refractivity contribution is 6.41. The van der Waals surface area contributed by atoms with E-state index in [4.69, 9.17) is 0 Å². The molecule has 0 fully saturated rings. The van der Waals surface area contributed by atoms with Gasteiger partial charge in [0.1, 0.15) is 29.7 Å². The van der Waals surface area contributed by atoms with Crippen molar-refractivity contribution < 1.29 is 23.2 Å². The molecule has 1 aromatic heterocycles. The lowest BCUT2D eigenvalue weighted by atomic mass is 9.79. The molecule has 3 aromatic rings. The van der Waals surface area contributed by atoms with Crippen molar-refractivity contribution in [3.63, 3.8) is 0 Å². The number of hydrogen-bond acceptors (Lipinski definition) is 5. The van der Waals surface area contributed by atoms with Crippen LogP contribution in [0.5, 0.6) is 0 Å². The van der Waals surface area contributed by atoms with Gasteiger partial charge < -0.3 is 10.6 Å². The number of hydrogen-bond donors (Lipinski definition) is 2. The Bertz CT molecular complexity index is 1620. The number of halogens is 2. The Labute approximate surface area is 229 Å². The van der Waals surface area contributed by atoms with Gasteiger partial charge in [0, 0.05) is 35.0 Å². The van der Waals surface area contributed by atoms with E-state index in [1.807, 2.05) is 24.3 Å². The Morgan fingerprint density at radius 3 is 2.52 bits per heavy atom. The quantitative estimate of drug-likeness (QED) is 0.506. The molecule has 2 aliphatic heterocycles. The number of fused-ring (bicyclic) bond motifs is 3. The first kappa shape index (κ1) is 25.8. The number of carbonyl (C=O) groups is 3. The van der Waals surface area contributed by atoms with Gasteiger partial charge >= 0.3 is 0 Å². The fourth-order valence-electron chi connectivity index (χ4n) is 6.02. The van der Waals surface area contributed by atoms with Gasteiger partial charge in [0.05, 0.1) is 5.41 Å². The van der Waals surface area contributed by atoms with Gasteiger partial charge in [-0.25, -0.2) is 13.8 Å². The molecular weight excluding hydrogens is 516 g/mol. The number of nitrogens with zero attached hydrogens (tertiary/aromatic N) is 3. The highest BCUT2D eigenvalue weighted by atomic mass is 19.1. The molecule has 0 saturated carbocycles. The van der Waals surface area contributed by atoms with Gasteiger partial charge in [0.2, 0.25) is 11.8 Å². The van der Waals surface area contributed by atoms with Gasteiger partial charge in [-0.15, -0.1) is 0 Å². The van der Waals surface area contributed by atoms with Crippen LogP contribution >= 0.6 is 0 Å². The summed E-state index contributed by atoms with van der Waals surface area (Å²) in [5.41, 5.74) is 1.50. The zero-order valence-electron chi connectivity index (χ0n) is 22.2. The second-order valence-electron chi connectivity index (χ2n) is 11.0. The minimum Gasteiger partial charge on any atom is -0.325 e. The van der Waals surface area contributed by atoms with Crippen molar-refractivity contribution in [2.24, 2.45) is 10.9 Å². The summed E-state index contributed by atoms with van der Waals surface area (Å²) in [6.07, 6.45) is 2.64. The predicted molar refractivity (Wildman–Crippen MR) is 145 cm³/mol. The zero-order valence-corrected chi connectivity index (χ0v) is 22.2. The summed E-state index contributed by atoms with van der Waals surface area (Å²) in [4.78, 5) is 49.6. The third kappa shape index (κ3) is 3.97. The van der Waals surface area contributed by atoms with Gasteiger partial charge in [0.25, 0.3) is 5.91 Å². The number of rotatable bonds is 5. The maximum absolute atomic E-state index is 14.1. The summed E-state index contributed by atoms with van der Waals surface area (Å²) < 4.78 is 28.2. The van der Waals surface area contributed by atoms with Gasteiger partial charge in [-0.3, -0.25) is 24.3 Å². The average molecular weight is 544 g/mol. The molecule has 0 radical (unpaired) electrons. The number of pyridine rings is 1. The maximum Gasteiger partial charge on any atom is 0.270 e. The van der Waals surface area contributed by atoms with Crippen LogP contribution in [0.4, 0.5) is 20.3 Å². The van der Waals surface area contributed by atoms with Crippen LogP contribution in [0.1, 0.15) is 43.0 Å². The molecule has 2 N–H and O–H groups in total. The van der Waals surface area contributed by atoms with Crippen molar-refractivity contribution in [2.75, 3.05) is 17.2 Å². The number of anilines is 2. The Balaban J connectivity index is 1.24.